The zero-order valence-electron chi connectivity index (χ0n) is 10.7. The van der Waals surface area contributed by atoms with Gasteiger partial charge in [0.05, 0.1) is 12.0 Å². The van der Waals surface area contributed by atoms with Crippen molar-refractivity contribution >= 4 is 11.8 Å². The number of hydrogen-bond acceptors (Lipinski definition) is 3. The largest absolute Gasteiger partial charge is 0.332 e. The van der Waals surface area contributed by atoms with Crippen molar-refractivity contribution in [3.63, 3.8) is 0 Å². The summed E-state index contributed by atoms with van der Waals surface area (Å²) in [5, 5.41) is 0. The van der Waals surface area contributed by atoms with Crippen LogP contribution in [0, 0.1) is 0 Å². The molecule has 1 aromatic heterocycles. The monoisotopic (exact) mass is 241 g/mol. The smallest absolute Gasteiger partial charge is 0.0949 e. The van der Waals surface area contributed by atoms with Crippen molar-refractivity contribution in [3.8, 4) is 0 Å². The molecule has 1 heterocycles. The molecule has 1 aromatic rings. The van der Waals surface area contributed by atoms with E-state index in [0.29, 0.717) is 4.75 Å². The van der Waals surface area contributed by atoms with Gasteiger partial charge < -0.3 is 10.3 Å². The van der Waals surface area contributed by atoms with Crippen LogP contribution in [-0.4, -0.2) is 20.6 Å². The van der Waals surface area contributed by atoms with Gasteiger partial charge in [0.15, 0.2) is 0 Å². The molecule has 2 N–H and O–H groups in total. The third-order valence-electron chi connectivity index (χ3n) is 3.39. The fraction of sp³-hybridized carbons (Fsp3) is 0.750. The summed E-state index contributed by atoms with van der Waals surface area (Å²) in [6.45, 7) is 7.51. The van der Waals surface area contributed by atoms with E-state index in [-0.39, 0.29) is 6.04 Å². The Bertz CT molecular complexity index is 308. The van der Waals surface area contributed by atoms with Crippen molar-refractivity contribution in [3.05, 3.63) is 18.2 Å². The van der Waals surface area contributed by atoms with Crippen LogP contribution in [0.2, 0.25) is 0 Å². The minimum Gasteiger partial charge on any atom is -0.332 e. The van der Waals surface area contributed by atoms with Crippen molar-refractivity contribution in [1.29, 1.82) is 0 Å². The Balaban J connectivity index is 2.89. The van der Waals surface area contributed by atoms with E-state index in [0.717, 1.165) is 12.2 Å². The third-order valence-corrected chi connectivity index (χ3v) is 4.96. The van der Waals surface area contributed by atoms with Crippen molar-refractivity contribution in [2.24, 2.45) is 5.73 Å². The number of aromatic nitrogens is 2. The first kappa shape index (κ1) is 13.6. The molecule has 0 unspecified atom stereocenters. The van der Waals surface area contributed by atoms with Crippen LogP contribution in [0.1, 0.15) is 45.3 Å². The zero-order valence-corrected chi connectivity index (χ0v) is 11.5. The molecule has 3 nitrogen and oxygen atoms in total. The van der Waals surface area contributed by atoms with Gasteiger partial charge in [-0.1, -0.05) is 13.8 Å². The molecule has 4 heteroatoms. The molecule has 0 aliphatic heterocycles. The average Bonchev–Trinajstić information content (AvgIpc) is 2.74. The summed E-state index contributed by atoms with van der Waals surface area (Å²) >= 11 is 1.95. The Kier molecular flexibility index (Phi) is 4.87. The number of nitrogens with zero attached hydrogens (tertiary/aromatic N) is 2. The second-order valence-corrected chi connectivity index (χ2v) is 5.60. The molecule has 1 rings (SSSR count). The highest BCUT2D eigenvalue weighted by Gasteiger charge is 2.26. The number of nitrogens with two attached hydrogens (primary N) is 1. The lowest BCUT2D eigenvalue weighted by molar-refractivity contribution is 0.452. The summed E-state index contributed by atoms with van der Waals surface area (Å²) in [5.74, 6) is 0. The molecule has 1 atom stereocenters. The Morgan fingerprint density at radius 2 is 2.12 bits per heavy atom. The van der Waals surface area contributed by atoms with E-state index in [4.69, 9.17) is 5.73 Å². The van der Waals surface area contributed by atoms with Gasteiger partial charge in [-0.25, -0.2) is 4.98 Å². The second-order valence-electron chi connectivity index (χ2n) is 4.33. The molecule has 0 amide bonds. The standard InChI is InChI=1S/C12H23N3S/c1-5-12(6-2,16-4)8-15-9-14-7-11(15)10(3)13/h7,9-10H,5-6,8,13H2,1-4H3/t10-/m0/s1. The molecule has 0 radical (unpaired) electrons. The van der Waals surface area contributed by atoms with E-state index in [9.17, 15) is 0 Å². The highest BCUT2D eigenvalue weighted by molar-refractivity contribution is 8.00. The second kappa shape index (κ2) is 5.73. The first-order chi connectivity index (χ1) is 7.58. The van der Waals surface area contributed by atoms with Gasteiger partial charge in [-0.2, -0.15) is 11.8 Å². The summed E-state index contributed by atoms with van der Waals surface area (Å²) in [6.07, 6.45) is 8.30. The Morgan fingerprint density at radius 1 is 1.50 bits per heavy atom. The predicted molar refractivity (Wildman–Crippen MR) is 71.7 cm³/mol. The normalized spacial score (nSPS) is 14.1. The van der Waals surface area contributed by atoms with Crippen LogP contribution in [0.4, 0.5) is 0 Å². The van der Waals surface area contributed by atoms with Crippen LogP contribution in [0.5, 0.6) is 0 Å². The van der Waals surface area contributed by atoms with Crippen molar-refractivity contribution in [2.45, 2.75) is 50.9 Å². The van der Waals surface area contributed by atoms with Crippen LogP contribution in [0.15, 0.2) is 12.5 Å². The Morgan fingerprint density at radius 3 is 2.56 bits per heavy atom. The fourth-order valence-corrected chi connectivity index (χ4v) is 2.83. The van der Waals surface area contributed by atoms with Crippen LogP contribution in [0.3, 0.4) is 0 Å². The van der Waals surface area contributed by atoms with E-state index in [1.807, 2.05) is 31.2 Å². The quantitative estimate of drug-likeness (QED) is 0.833. The van der Waals surface area contributed by atoms with Gasteiger partial charge in [0.2, 0.25) is 0 Å². The maximum absolute atomic E-state index is 5.93. The minimum atomic E-state index is 0.0516. The topological polar surface area (TPSA) is 43.8 Å². The summed E-state index contributed by atoms with van der Waals surface area (Å²) < 4.78 is 2.51. The zero-order chi connectivity index (χ0) is 12.2. The van der Waals surface area contributed by atoms with Crippen LogP contribution in [0.25, 0.3) is 0 Å². The first-order valence-corrected chi connectivity index (χ1v) is 7.11. The van der Waals surface area contributed by atoms with Gasteiger partial charge in [-0.15, -0.1) is 0 Å². The summed E-state index contributed by atoms with van der Waals surface area (Å²) in [4.78, 5) is 4.20. The highest BCUT2D eigenvalue weighted by atomic mass is 32.2. The number of hydrogen-bond donors (Lipinski definition) is 1. The molecule has 0 fully saturated rings. The molecule has 0 saturated heterocycles. The number of rotatable bonds is 6. The third kappa shape index (κ3) is 2.80. The van der Waals surface area contributed by atoms with Gasteiger partial charge >= 0.3 is 0 Å². The van der Waals surface area contributed by atoms with Crippen molar-refractivity contribution in [2.75, 3.05) is 6.26 Å². The van der Waals surface area contributed by atoms with Crippen LogP contribution in [-0.2, 0) is 6.54 Å². The van der Waals surface area contributed by atoms with Crippen LogP contribution < -0.4 is 5.73 Å². The van der Waals surface area contributed by atoms with E-state index >= 15 is 0 Å². The van der Waals surface area contributed by atoms with Gasteiger partial charge in [-0.3, -0.25) is 0 Å². The van der Waals surface area contributed by atoms with Gasteiger partial charge in [-0.05, 0) is 26.0 Å². The maximum atomic E-state index is 5.93. The molecule has 92 valence electrons. The SMILES string of the molecule is CCC(CC)(Cn1cncc1[C@H](C)N)SC. The molecule has 0 aromatic carbocycles. The average molecular weight is 241 g/mol. The molecule has 0 saturated carbocycles. The molecule has 16 heavy (non-hydrogen) atoms. The van der Waals surface area contributed by atoms with E-state index in [2.05, 4.69) is 29.7 Å². The van der Waals surface area contributed by atoms with E-state index in [1.165, 1.54) is 12.8 Å². The number of imidazole rings is 1. The molecular formula is C12H23N3S. The van der Waals surface area contributed by atoms with Crippen LogP contribution >= 0.6 is 11.8 Å². The lowest BCUT2D eigenvalue weighted by atomic mass is 10.0. The summed E-state index contributed by atoms with van der Waals surface area (Å²) in [5.41, 5.74) is 7.06. The van der Waals surface area contributed by atoms with Gasteiger partial charge in [0.1, 0.15) is 0 Å². The van der Waals surface area contributed by atoms with Gasteiger partial charge in [0, 0.05) is 23.5 Å². The molecular weight excluding hydrogens is 218 g/mol. The van der Waals surface area contributed by atoms with Crippen molar-refractivity contribution < 1.29 is 0 Å². The minimum absolute atomic E-state index is 0.0516. The summed E-state index contributed by atoms with van der Waals surface area (Å²) in [6, 6.07) is 0.0516. The molecule has 0 spiro atoms. The Hall–Kier alpha value is -0.480. The van der Waals surface area contributed by atoms with Crippen molar-refractivity contribution in [1.82, 2.24) is 9.55 Å². The van der Waals surface area contributed by atoms with E-state index in [1.54, 1.807) is 0 Å². The first-order valence-electron chi connectivity index (χ1n) is 5.89. The number of thioether (sulfide) groups is 1. The molecule has 0 aliphatic rings. The predicted octanol–water partition coefficient (Wildman–Crippen LogP) is 2.82. The fourth-order valence-electron chi connectivity index (χ4n) is 1.98. The molecule has 0 aliphatic carbocycles. The van der Waals surface area contributed by atoms with E-state index < -0.39 is 0 Å². The Labute approximate surface area is 103 Å². The molecule has 0 bridgehead atoms. The van der Waals surface area contributed by atoms with Gasteiger partial charge in [0.25, 0.3) is 0 Å². The maximum Gasteiger partial charge on any atom is 0.0949 e. The lowest BCUT2D eigenvalue weighted by Crippen LogP contribution is -2.30. The lowest BCUT2D eigenvalue weighted by Gasteiger charge is -2.31. The summed E-state index contributed by atoms with van der Waals surface area (Å²) in [7, 11) is 0. The highest BCUT2D eigenvalue weighted by Crippen LogP contribution is 2.32.